The number of phenols is 1. The third-order valence-electron chi connectivity index (χ3n) is 2.39. The molecule has 0 aliphatic rings. The zero-order chi connectivity index (χ0) is 14.0. The van der Waals surface area contributed by atoms with Gasteiger partial charge in [-0.05, 0) is 30.3 Å². The van der Waals surface area contributed by atoms with Crippen molar-refractivity contribution < 1.29 is 9.90 Å². The average Bonchev–Trinajstić information content (AvgIpc) is 2.36. The first kappa shape index (κ1) is 14.0. The van der Waals surface area contributed by atoms with Gasteiger partial charge in [0.05, 0.1) is 15.6 Å². The fourth-order valence-electron chi connectivity index (χ4n) is 1.45. The topological polar surface area (TPSA) is 49.3 Å². The molecule has 0 aliphatic heterocycles. The summed E-state index contributed by atoms with van der Waals surface area (Å²) in [5.74, 6) is -0.723. The van der Waals surface area contributed by atoms with Crippen molar-refractivity contribution in [2.45, 2.75) is 0 Å². The number of phenolic OH excluding ortho intramolecular Hbond substituents is 1. The molecule has 98 valence electrons. The van der Waals surface area contributed by atoms with Gasteiger partial charge in [-0.15, -0.1) is 0 Å². The third-order valence-corrected chi connectivity index (χ3v) is 3.36. The summed E-state index contributed by atoms with van der Waals surface area (Å²) in [5, 5.41) is 13.2. The number of amides is 1. The van der Waals surface area contributed by atoms with Crippen LogP contribution in [0.5, 0.6) is 5.75 Å². The SMILES string of the molecule is O=C(Nc1ccc(Cl)cc1)c1cc(Cl)c(Cl)cc1O. The fourth-order valence-corrected chi connectivity index (χ4v) is 1.90. The quantitative estimate of drug-likeness (QED) is 0.850. The third kappa shape index (κ3) is 3.32. The standard InChI is InChI=1S/C13H8Cl3NO2/c14-7-1-3-8(4-2-7)17-13(19)9-5-10(15)11(16)6-12(9)18/h1-6,18H,(H,17,19). The maximum atomic E-state index is 12.0. The molecule has 0 atom stereocenters. The molecule has 2 aromatic rings. The Kier molecular flexibility index (Phi) is 4.20. The first-order valence-electron chi connectivity index (χ1n) is 5.22. The molecule has 3 nitrogen and oxygen atoms in total. The van der Waals surface area contributed by atoms with E-state index < -0.39 is 5.91 Å². The summed E-state index contributed by atoms with van der Waals surface area (Å²) in [4.78, 5) is 12.0. The maximum absolute atomic E-state index is 12.0. The Hall–Kier alpha value is -1.42. The number of aromatic hydroxyl groups is 1. The van der Waals surface area contributed by atoms with Crippen molar-refractivity contribution in [2.75, 3.05) is 5.32 Å². The van der Waals surface area contributed by atoms with Crippen LogP contribution in [-0.2, 0) is 0 Å². The summed E-state index contributed by atoms with van der Waals surface area (Å²) in [6.45, 7) is 0. The fraction of sp³-hybridized carbons (Fsp3) is 0. The van der Waals surface area contributed by atoms with E-state index in [9.17, 15) is 9.90 Å². The Morgan fingerprint density at radius 3 is 2.21 bits per heavy atom. The van der Waals surface area contributed by atoms with Gasteiger partial charge < -0.3 is 10.4 Å². The zero-order valence-corrected chi connectivity index (χ0v) is 11.7. The summed E-state index contributed by atoms with van der Waals surface area (Å²) < 4.78 is 0. The van der Waals surface area contributed by atoms with Gasteiger partial charge in [-0.1, -0.05) is 34.8 Å². The zero-order valence-electron chi connectivity index (χ0n) is 9.45. The minimum atomic E-state index is -0.488. The summed E-state index contributed by atoms with van der Waals surface area (Å²) in [6, 6.07) is 9.12. The number of carbonyl (C=O) groups excluding carboxylic acids is 1. The largest absolute Gasteiger partial charge is 0.507 e. The lowest BCUT2D eigenvalue weighted by molar-refractivity contribution is 0.102. The molecule has 0 heterocycles. The van der Waals surface area contributed by atoms with Crippen molar-refractivity contribution in [3.05, 3.63) is 57.0 Å². The Morgan fingerprint density at radius 1 is 1.00 bits per heavy atom. The molecule has 0 bridgehead atoms. The van der Waals surface area contributed by atoms with Gasteiger partial charge in [0.15, 0.2) is 0 Å². The number of nitrogens with one attached hydrogen (secondary N) is 1. The Morgan fingerprint density at radius 2 is 1.58 bits per heavy atom. The van der Waals surface area contributed by atoms with Crippen LogP contribution in [-0.4, -0.2) is 11.0 Å². The van der Waals surface area contributed by atoms with E-state index in [0.29, 0.717) is 10.7 Å². The molecule has 19 heavy (non-hydrogen) atoms. The van der Waals surface area contributed by atoms with Crippen LogP contribution in [0.2, 0.25) is 15.1 Å². The van der Waals surface area contributed by atoms with Crippen LogP contribution in [0.4, 0.5) is 5.69 Å². The number of halogens is 3. The number of hydrogen-bond acceptors (Lipinski definition) is 2. The minimum Gasteiger partial charge on any atom is -0.507 e. The Balaban J connectivity index is 2.25. The summed E-state index contributed by atoms with van der Waals surface area (Å²) in [6.07, 6.45) is 0. The van der Waals surface area contributed by atoms with Gasteiger partial charge in [-0.25, -0.2) is 0 Å². The molecule has 0 aromatic heterocycles. The van der Waals surface area contributed by atoms with E-state index in [0.717, 1.165) is 0 Å². The molecule has 0 saturated heterocycles. The molecule has 1 amide bonds. The van der Waals surface area contributed by atoms with Gasteiger partial charge in [-0.3, -0.25) is 4.79 Å². The highest BCUT2D eigenvalue weighted by atomic mass is 35.5. The summed E-state index contributed by atoms with van der Waals surface area (Å²) in [7, 11) is 0. The van der Waals surface area contributed by atoms with Crippen molar-refractivity contribution >= 4 is 46.4 Å². The predicted octanol–water partition coefficient (Wildman–Crippen LogP) is 4.60. The number of hydrogen-bond donors (Lipinski definition) is 2. The van der Waals surface area contributed by atoms with E-state index in [4.69, 9.17) is 34.8 Å². The van der Waals surface area contributed by atoms with Gasteiger partial charge in [0.25, 0.3) is 5.91 Å². The molecule has 0 fully saturated rings. The summed E-state index contributed by atoms with van der Waals surface area (Å²) >= 11 is 17.3. The Bertz CT molecular complexity index is 627. The van der Waals surface area contributed by atoms with Crippen LogP contribution >= 0.6 is 34.8 Å². The molecule has 0 radical (unpaired) electrons. The first-order valence-corrected chi connectivity index (χ1v) is 6.35. The lowest BCUT2D eigenvalue weighted by Gasteiger charge is -2.08. The molecular formula is C13H8Cl3NO2. The monoisotopic (exact) mass is 315 g/mol. The molecule has 0 aliphatic carbocycles. The number of carbonyl (C=O) groups is 1. The van der Waals surface area contributed by atoms with Crippen LogP contribution in [0, 0.1) is 0 Å². The number of rotatable bonds is 2. The maximum Gasteiger partial charge on any atom is 0.259 e. The Labute approximate surface area is 124 Å². The molecule has 2 rings (SSSR count). The van der Waals surface area contributed by atoms with Crippen LogP contribution in [0.25, 0.3) is 0 Å². The minimum absolute atomic E-state index is 0.0457. The van der Waals surface area contributed by atoms with Crippen molar-refractivity contribution in [3.63, 3.8) is 0 Å². The molecule has 6 heteroatoms. The van der Waals surface area contributed by atoms with Crippen molar-refractivity contribution in [2.24, 2.45) is 0 Å². The van der Waals surface area contributed by atoms with Crippen molar-refractivity contribution in [1.29, 1.82) is 0 Å². The predicted molar refractivity (Wildman–Crippen MR) is 77.5 cm³/mol. The van der Waals surface area contributed by atoms with Crippen LogP contribution in [0.1, 0.15) is 10.4 Å². The van der Waals surface area contributed by atoms with Gasteiger partial charge >= 0.3 is 0 Å². The van der Waals surface area contributed by atoms with Gasteiger partial charge in [0.1, 0.15) is 5.75 Å². The van der Waals surface area contributed by atoms with Gasteiger partial charge in [-0.2, -0.15) is 0 Å². The van der Waals surface area contributed by atoms with E-state index in [2.05, 4.69) is 5.32 Å². The molecule has 2 N–H and O–H groups in total. The highest BCUT2D eigenvalue weighted by molar-refractivity contribution is 6.42. The molecule has 0 spiro atoms. The van der Waals surface area contributed by atoms with E-state index in [1.165, 1.54) is 12.1 Å². The lowest BCUT2D eigenvalue weighted by Crippen LogP contribution is -2.12. The molecular weight excluding hydrogens is 309 g/mol. The second kappa shape index (κ2) is 5.70. The molecule has 0 unspecified atom stereocenters. The van der Waals surface area contributed by atoms with Gasteiger partial charge in [0.2, 0.25) is 0 Å². The van der Waals surface area contributed by atoms with Crippen LogP contribution < -0.4 is 5.32 Å². The number of benzene rings is 2. The van der Waals surface area contributed by atoms with Crippen molar-refractivity contribution in [1.82, 2.24) is 0 Å². The highest BCUT2D eigenvalue weighted by Crippen LogP contribution is 2.30. The van der Waals surface area contributed by atoms with Gasteiger partial charge in [0, 0.05) is 16.8 Å². The molecule has 2 aromatic carbocycles. The van der Waals surface area contributed by atoms with Crippen LogP contribution in [0.15, 0.2) is 36.4 Å². The normalized spacial score (nSPS) is 10.3. The highest BCUT2D eigenvalue weighted by Gasteiger charge is 2.14. The van der Waals surface area contributed by atoms with E-state index >= 15 is 0 Å². The average molecular weight is 317 g/mol. The van der Waals surface area contributed by atoms with Crippen LogP contribution in [0.3, 0.4) is 0 Å². The summed E-state index contributed by atoms with van der Waals surface area (Å²) in [5.41, 5.74) is 0.601. The lowest BCUT2D eigenvalue weighted by atomic mass is 10.2. The second-order valence-electron chi connectivity index (χ2n) is 3.74. The van der Waals surface area contributed by atoms with E-state index in [-0.39, 0.29) is 21.4 Å². The molecule has 0 saturated carbocycles. The number of anilines is 1. The van der Waals surface area contributed by atoms with E-state index in [1.807, 2.05) is 0 Å². The second-order valence-corrected chi connectivity index (χ2v) is 5.00. The smallest absolute Gasteiger partial charge is 0.259 e. The van der Waals surface area contributed by atoms with E-state index in [1.54, 1.807) is 24.3 Å². The van der Waals surface area contributed by atoms with Crippen molar-refractivity contribution in [3.8, 4) is 5.75 Å². The first-order chi connectivity index (χ1) is 8.97.